The highest BCUT2D eigenvalue weighted by molar-refractivity contribution is 7.98. The number of aromatic nitrogens is 5. The summed E-state index contributed by atoms with van der Waals surface area (Å²) in [4.78, 5) is 6.85. The number of rotatable bonds is 8. The zero-order valence-electron chi connectivity index (χ0n) is 19.4. The van der Waals surface area contributed by atoms with Crippen molar-refractivity contribution in [1.29, 1.82) is 0 Å². The van der Waals surface area contributed by atoms with Crippen LogP contribution >= 0.6 is 11.8 Å². The molecule has 2 aromatic carbocycles. The molecule has 5 rings (SSSR count). The number of anilines is 1. The maximum Gasteiger partial charge on any atom is 0.237 e. The molecule has 9 nitrogen and oxygen atoms in total. The highest BCUT2D eigenvalue weighted by atomic mass is 32.2. The van der Waals surface area contributed by atoms with E-state index in [0.717, 1.165) is 35.4 Å². The van der Waals surface area contributed by atoms with E-state index >= 15 is 0 Å². The molecule has 2 aromatic heterocycles. The molecule has 0 bridgehead atoms. The molecule has 0 amide bonds. The van der Waals surface area contributed by atoms with E-state index in [1.807, 2.05) is 18.2 Å². The zero-order chi connectivity index (χ0) is 23.5. The van der Waals surface area contributed by atoms with Crippen LogP contribution in [0.2, 0.25) is 0 Å². The number of benzene rings is 2. The van der Waals surface area contributed by atoms with Crippen LogP contribution in [0.25, 0.3) is 17.1 Å². The Labute approximate surface area is 202 Å². The molecule has 0 N–H and O–H groups in total. The van der Waals surface area contributed by atoms with Gasteiger partial charge >= 0.3 is 0 Å². The van der Waals surface area contributed by atoms with Gasteiger partial charge in [-0.05, 0) is 50.1 Å². The maximum absolute atomic E-state index is 5.52. The molecule has 0 aliphatic carbocycles. The predicted octanol–water partition coefficient (Wildman–Crippen LogP) is 4.54. The third-order valence-corrected chi connectivity index (χ3v) is 6.65. The standard InChI is InChI=1S/C24H26N6O3S/c1-16-6-9-18(10-7-16)30-23(29-12-4-5-13-29)26-27-24(30)34-15-21-25-22(28-33-21)17-8-11-19(31-2)20(14-17)32-3/h6-11,14H,4-5,12-13,15H2,1-3H3. The van der Waals surface area contributed by atoms with Crippen molar-refractivity contribution >= 4 is 17.7 Å². The topological polar surface area (TPSA) is 91.3 Å². The largest absolute Gasteiger partial charge is 0.493 e. The number of thioether (sulfide) groups is 1. The highest BCUT2D eigenvalue weighted by Gasteiger charge is 2.23. The fraction of sp³-hybridized carbons (Fsp3) is 0.333. The van der Waals surface area contributed by atoms with E-state index in [1.165, 1.54) is 30.2 Å². The van der Waals surface area contributed by atoms with Crippen molar-refractivity contribution in [3.63, 3.8) is 0 Å². The first-order chi connectivity index (χ1) is 16.7. The summed E-state index contributed by atoms with van der Waals surface area (Å²) < 4.78 is 18.3. The molecule has 3 heterocycles. The van der Waals surface area contributed by atoms with Gasteiger partial charge in [0.1, 0.15) is 0 Å². The molecule has 34 heavy (non-hydrogen) atoms. The van der Waals surface area contributed by atoms with E-state index in [-0.39, 0.29) is 0 Å². The third kappa shape index (κ3) is 4.45. The van der Waals surface area contributed by atoms with Crippen molar-refractivity contribution in [3.05, 3.63) is 53.9 Å². The quantitative estimate of drug-likeness (QED) is 0.339. The van der Waals surface area contributed by atoms with Crippen LogP contribution in [0.5, 0.6) is 11.5 Å². The second kappa shape index (κ2) is 9.76. The summed E-state index contributed by atoms with van der Waals surface area (Å²) in [7, 11) is 3.20. The van der Waals surface area contributed by atoms with Crippen LogP contribution in [0.15, 0.2) is 52.1 Å². The highest BCUT2D eigenvalue weighted by Crippen LogP contribution is 2.33. The van der Waals surface area contributed by atoms with Crippen molar-refractivity contribution in [2.45, 2.75) is 30.7 Å². The first kappa shape index (κ1) is 22.3. The van der Waals surface area contributed by atoms with Gasteiger partial charge in [-0.25, -0.2) is 0 Å². The summed E-state index contributed by atoms with van der Waals surface area (Å²) in [6.07, 6.45) is 2.34. The van der Waals surface area contributed by atoms with Gasteiger partial charge in [-0.1, -0.05) is 34.6 Å². The molecule has 1 saturated heterocycles. The van der Waals surface area contributed by atoms with E-state index in [0.29, 0.717) is 29.0 Å². The lowest BCUT2D eigenvalue weighted by Gasteiger charge is -2.18. The Hall–Kier alpha value is -3.53. The molecule has 1 aliphatic rings. The molecule has 1 fully saturated rings. The van der Waals surface area contributed by atoms with Crippen LogP contribution in [-0.2, 0) is 5.75 Å². The average molecular weight is 479 g/mol. The van der Waals surface area contributed by atoms with Crippen molar-refractivity contribution in [1.82, 2.24) is 24.9 Å². The lowest BCUT2D eigenvalue weighted by atomic mass is 10.2. The fourth-order valence-electron chi connectivity index (χ4n) is 3.93. The zero-order valence-corrected chi connectivity index (χ0v) is 20.2. The number of hydrogen-bond acceptors (Lipinski definition) is 9. The Balaban J connectivity index is 1.38. The molecule has 0 saturated carbocycles. The maximum atomic E-state index is 5.52. The van der Waals surface area contributed by atoms with E-state index < -0.39 is 0 Å². The summed E-state index contributed by atoms with van der Waals surface area (Å²) in [6, 6.07) is 13.9. The van der Waals surface area contributed by atoms with Gasteiger partial charge in [0.15, 0.2) is 16.7 Å². The molecule has 0 atom stereocenters. The van der Waals surface area contributed by atoms with Gasteiger partial charge in [0.05, 0.1) is 25.7 Å². The SMILES string of the molecule is COc1ccc(-c2noc(CSc3nnc(N4CCCC4)n3-c3ccc(C)cc3)n2)cc1OC. The van der Waals surface area contributed by atoms with Gasteiger partial charge in [0.25, 0.3) is 0 Å². The summed E-state index contributed by atoms with van der Waals surface area (Å²) in [6.45, 7) is 4.07. The molecule has 0 spiro atoms. The summed E-state index contributed by atoms with van der Waals surface area (Å²) in [5, 5.41) is 13.9. The van der Waals surface area contributed by atoms with Gasteiger partial charge in [0, 0.05) is 18.7 Å². The summed E-state index contributed by atoms with van der Waals surface area (Å²) in [5.74, 6) is 3.62. The van der Waals surface area contributed by atoms with Crippen LogP contribution in [0, 0.1) is 6.92 Å². The van der Waals surface area contributed by atoms with Gasteiger partial charge in [-0.2, -0.15) is 4.98 Å². The normalized spacial score (nSPS) is 13.4. The van der Waals surface area contributed by atoms with E-state index in [1.54, 1.807) is 14.2 Å². The van der Waals surface area contributed by atoms with E-state index in [4.69, 9.17) is 14.0 Å². The van der Waals surface area contributed by atoms with Crippen LogP contribution < -0.4 is 14.4 Å². The Morgan fingerprint density at radius 2 is 1.74 bits per heavy atom. The number of ether oxygens (including phenoxy) is 2. The Kier molecular flexibility index (Phi) is 6.39. The van der Waals surface area contributed by atoms with Crippen LogP contribution in [-0.4, -0.2) is 52.2 Å². The van der Waals surface area contributed by atoms with Crippen LogP contribution in [0.4, 0.5) is 5.95 Å². The van der Waals surface area contributed by atoms with E-state index in [2.05, 4.69) is 61.0 Å². The first-order valence-electron chi connectivity index (χ1n) is 11.1. The molecule has 10 heteroatoms. The number of aryl methyl sites for hydroxylation is 1. The monoisotopic (exact) mass is 478 g/mol. The smallest absolute Gasteiger partial charge is 0.237 e. The number of hydrogen-bond donors (Lipinski definition) is 0. The van der Waals surface area contributed by atoms with Crippen molar-refractivity contribution in [2.75, 3.05) is 32.2 Å². The second-order valence-electron chi connectivity index (χ2n) is 8.02. The number of nitrogens with zero attached hydrogens (tertiary/aromatic N) is 6. The fourth-order valence-corrected chi connectivity index (χ4v) is 4.71. The molecule has 0 radical (unpaired) electrons. The molecular weight excluding hydrogens is 452 g/mol. The van der Waals surface area contributed by atoms with Gasteiger partial charge < -0.3 is 18.9 Å². The minimum atomic E-state index is 0.476. The second-order valence-corrected chi connectivity index (χ2v) is 8.96. The minimum absolute atomic E-state index is 0.476. The molecule has 4 aromatic rings. The lowest BCUT2D eigenvalue weighted by molar-refractivity contribution is 0.355. The molecule has 176 valence electrons. The van der Waals surface area contributed by atoms with Crippen molar-refractivity contribution in [2.24, 2.45) is 0 Å². The predicted molar refractivity (Wildman–Crippen MR) is 130 cm³/mol. The summed E-state index contributed by atoms with van der Waals surface area (Å²) in [5.41, 5.74) is 3.04. The summed E-state index contributed by atoms with van der Waals surface area (Å²) >= 11 is 1.52. The van der Waals surface area contributed by atoms with Crippen molar-refractivity contribution < 1.29 is 14.0 Å². The van der Waals surface area contributed by atoms with Gasteiger partial charge in [0.2, 0.25) is 17.7 Å². The Morgan fingerprint density at radius 1 is 0.971 bits per heavy atom. The lowest BCUT2D eigenvalue weighted by Crippen LogP contribution is -2.22. The van der Waals surface area contributed by atoms with E-state index in [9.17, 15) is 0 Å². The average Bonchev–Trinajstić information content (AvgIpc) is 3.63. The third-order valence-electron chi connectivity index (χ3n) is 5.73. The van der Waals surface area contributed by atoms with Gasteiger partial charge in [-0.3, -0.25) is 4.57 Å². The Morgan fingerprint density at radius 3 is 2.47 bits per heavy atom. The first-order valence-corrected chi connectivity index (χ1v) is 12.1. The van der Waals surface area contributed by atoms with Crippen molar-refractivity contribution in [3.8, 4) is 28.6 Å². The molecular formula is C24H26N6O3S. The van der Waals surface area contributed by atoms with Crippen LogP contribution in [0.1, 0.15) is 24.3 Å². The number of methoxy groups -OCH3 is 2. The molecule has 1 aliphatic heterocycles. The minimum Gasteiger partial charge on any atom is -0.493 e. The van der Waals surface area contributed by atoms with Gasteiger partial charge in [-0.15, -0.1) is 10.2 Å². The van der Waals surface area contributed by atoms with Crippen LogP contribution in [0.3, 0.4) is 0 Å². The Bertz CT molecular complexity index is 1260. The molecule has 0 unspecified atom stereocenters.